The topological polar surface area (TPSA) is 45.5 Å². The lowest BCUT2D eigenvalue weighted by Gasteiger charge is -2.11. The Morgan fingerprint density at radius 3 is 2.28 bits per heavy atom. The van der Waals surface area contributed by atoms with Crippen LogP contribution in [0.25, 0.3) is 16.8 Å². The second-order valence-corrected chi connectivity index (χ2v) is 10.1. The number of nitrogens with zero attached hydrogens (tertiary/aromatic N) is 2. The van der Waals surface area contributed by atoms with Gasteiger partial charge >= 0.3 is 0 Å². The van der Waals surface area contributed by atoms with E-state index in [1.165, 1.54) is 31.0 Å². The first kappa shape index (κ1) is 35.1. The van der Waals surface area contributed by atoms with Crippen LogP contribution < -0.4 is 0 Å². The number of hydrogen-bond donors (Lipinski definition) is 1. The number of unbranched alkanes of at least 4 members (excludes halogenated alkanes) is 3. The SMILES string of the molecule is CC.CCC/C=C(/N=C(C)c1ccc(-c2ccccc2F)cc1C)c1cccnc1.CCCCCc1ccc(F)c(O)c1. The zero-order valence-electron chi connectivity index (χ0n) is 26.5. The molecular formula is C38H46F2N2O. The molecule has 0 aliphatic heterocycles. The van der Waals surface area contributed by atoms with Gasteiger partial charge in [-0.2, -0.15) is 0 Å². The number of benzene rings is 3. The average molecular weight is 585 g/mol. The van der Waals surface area contributed by atoms with Gasteiger partial charge in [-0.15, -0.1) is 0 Å². The van der Waals surface area contributed by atoms with Crippen molar-refractivity contribution in [2.75, 3.05) is 0 Å². The molecule has 228 valence electrons. The summed E-state index contributed by atoms with van der Waals surface area (Å²) in [5.74, 6) is -0.991. The molecule has 1 aromatic heterocycles. The van der Waals surface area contributed by atoms with Crippen molar-refractivity contribution in [1.82, 2.24) is 4.98 Å². The van der Waals surface area contributed by atoms with Gasteiger partial charge in [0, 0.05) is 29.2 Å². The van der Waals surface area contributed by atoms with E-state index in [0.29, 0.717) is 5.56 Å². The van der Waals surface area contributed by atoms with Gasteiger partial charge in [-0.3, -0.25) is 9.98 Å². The van der Waals surface area contributed by atoms with Crippen molar-refractivity contribution in [3.63, 3.8) is 0 Å². The molecule has 0 aliphatic carbocycles. The number of aliphatic imine (C=N–C) groups is 1. The zero-order valence-corrected chi connectivity index (χ0v) is 26.5. The number of phenols is 1. The fraction of sp³-hybridized carbons (Fsp3) is 0.316. The van der Waals surface area contributed by atoms with E-state index in [-0.39, 0.29) is 11.6 Å². The number of hydrogen-bond acceptors (Lipinski definition) is 3. The molecule has 1 N–H and O–H groups in total. The molecule has 0 saturated carbocycles. The van der Waals surface area contributed by atoms with Gasteiger partial charge < -0.3 is 5.11 Å². The van der Waals surface area contributed by atoms with E-state index in [1.807, 2.05) is 70.3 Å². The van der Waals surface area contributed by atoms with Crippen LogP contribution in [0, 0.1) is 18.6 Å². The lowest BCUT2D eigenvalue weighted by Crippen LogP contribution is -2.00. The molecule has 0 amide bonds. The van der Waals surface area contributed by atoms with Crippen LogP contribution in [0.15, 0.2) is 96.3 Å². The quantitative estimate of drug-likeness (QED) is 0.149. The van der Waals surface area contributed by atoms with Crippen molar-refractivity contribution in [3.05, 3.63) is 125 Å². The summed E-state index contributed by atoms with van der Waals surface area (Å²) in [6.45, 7) is 12.3. The summed E-state index contributed by atoms with van der Waals surface area (Å²) >= 11 is 0. The van der Waals surface area contributed by atoms with Gasteiger partial charge in [0.1, 0.15) is 5.82 Å². The molecule has 0 unspecified atom stereocenters. The van der Waals surface area contributed by atoms with Crippen molar-refractivity contribution in [1.29, 1.82) is 0 Å². The van der Waals surface area contributed by atoms with Crippen LogP contribution in [0.3, 0.4) is 0 Å². The molecule has 0 aliphatic rings. The Balaban J connectivity index is 0.000000360. The van der Waals surface area contributed by atoms with Gasteiger partial charge in [-0.05, 0) is 85.7 Å². The zero-order chi connectivity index (χ0) is 31.6. The summed E-state index contributed by atoms with van der Waals surface area (Å²) < 4.78 is 26.7. The normalized spacial score (nSPS) is 11.3. The molecule has 0 spiro atoms. The Labute approximate surface area is 257 Å². The Bertz CT molecular complexity index is 1460. The minimum absolute atomic E-state index is 0.207. The number of rotatable bonds is 10. The van der Waals surface area contributed by atoms with Gasteiger partial charge in [-0.25, -0.2) is 8.78 Å². The standard InChI is InChI=1S/C25H25FN2.C11H15FO.C2H6/c1-4-5-12-25(21-9-8-15-27-17-21)28-19(3)22-14-13-20(16-18(22)2)23-10-6-7-11-24(23)26;1-2-3-4-5-9-6-7-10(12)11(13)8-9;1-2/h6-17H,4-5H2,1-3H3;6-8,13H,2-5H2,1H3;1-2H3/b25-12+,28-19?;;. The number of pyridine rings is 1. The number of aryl methyl sites for hydroxylation is 2. The summed E-state index contributed by atoms with van der Waals surface area (Å²) in [7, 11) is 0. The molecule has 0 fully saturated rings. The summed E-state index contributed by atoms with van der Waals surface area (Å²) in [5, 5.41) is 9.08. The van der Waals surface area contributed by atoms with Crippen LogP contribution >= 0.6 is 0 Å². The first-order valence-corrected chi connectivity index (χ1v) is 15.3. The second-order valence-electron chi connectivity index (χ2n) is 10.1. The Kier molecular flexibility index (Phi) is 15.6. The monoisotopic (exact) mass is 584 g/mol. The molecular weight excluding hydrogens is 538 g/mol. The highest BCUT2D eigenvalue weighted by Gasteiger charge is 2.09. The Morgan fingerprint density at radius 2 is 1.65 bits per heavy atom. The van der Waals surface area contributed by atoms with Crippen LogP contribution in [0.4, 0.5) is 8.78 Å². The maximum absolute atomic E-state index is 14.1. The minimum atomic E-state index is -0.542. The minimum Gasteiger partial charge on any atom is -0.505 e. The number of allylic oxidation sites excluding steroid dienone is 1. The first-order valence-electron chi connectivity index (χ1n) is 15.3. The first-order chi connectivity index (χ1) is 20.8. The largest absolute Gasteiger partial charge is 0.505 e. The number of halogens is 2. The predicted molar refractivity (Wildman–Crippen MR) is 179 cm³/mol. The van der Waals surface area contributed by atoms with E-state index in [1.54, 1.807) is 24.4 Å². The molecule has 0 bridgehead atoms. The fourth-order valence-electron chi connectivity index (χ4n) is 4.49. The Morgan fingerprint density at radius 1 is 0.884 bits per heavy atom. The molecule has 0 saturated heterocycles. The van der Waals surface area contributed by atoms with E-state index in [2.05, 4.69) is 24.9 Å². The molecule has 43 heavy (non-hydrogen) atoms. The summed E-state index contributed by atoms with van der Waals surface area (Å²) in [5.41, 5.74) is 7.51. The number of aromatic nitrogens is 1. The predicted octanol–water partition coefficient (Wildman–Crippen LogP) is 11.1. The molecule has 3 nitrogen and oxygen atoms in total. The maximum Gasteiger partial charge on any atom is 0.164 e. The van der Waals surface area contributed by atoms with Crippen LogP contribution in [0.5, 0.6) is 5.75 Å². The molecule has 0 atom stereocenters. The van der Waals surface area contributed by atoms with Crippen molar-refractivity contribution in [2.24, 2.45) is 4.99 Å². The van der Waals surface area contributed by atoms with Gasteiger partial charge in [0.15, 0.2) is 11.6 Å². The van der Waals surface area contributed by atoms with E-state index in [4.69, 9.17) is 10.1 Å². The van der Waals surface area contributed by atoms with Crippen molar-refractivity contribution < 1.29 is 13.9 Å². The van der Waals surface area contributed by atoms with Crippen LogP contribution in [-0.4, -0.2) is 15.8 Å². The van der Waals surface area contributed by atoms with Crippen molar-refractivity contribution in [3.8, 4) is 16.9 Å². The van der Waals surface area contributed by atoms with Crippen LogP contribution in [-0.2, 0) is 6.42 Å². The fourth-order valence-corrected chi connectivity index (χ4v) is 4.49. The molecule has 4 rings (SSSR count). The lowest BCUT2D eigenvalue weighted by atomic mass is 9.97. The highest BCUT2D eigenvalue weighted by molar-refractivity contribution is 6.03. The molecule has 4 aromatic rings. The van der Waals surface area contributed by atoms with Gasteiger partial charge in [0.05, 0.1) is 5.70 Å². The third kappa shape index (κ3) is 11.2. The number of aromatic hydroxyl groups is 1. The van der Waals surface area contributed by atoms with Crippen LogP contribution in [0.1, 0.15) is 89.0 Å². The molecule has 1 heterocycles. The third-order valence-corrected chi connectivity index (χ3v) is 6.75. The summed E-state index contributed by atoms with van der Waals surface area (Å²) in [6.07, 6.45) is 12.2. The van der Waals surface area contributed by atoms with E-state index in [9.17, 15) is 8.78 Å². The molecule has 3 aromatic carbocycles. The van der Waals surface area contributed by atoms with Gasteiger partial charge in [0.2, 0.25) is 0 Å². The van der Waals surface area contributed by atoms with Gasteiger partial charge in [0.25, 0.3) is 0 Å². The Hall–Kier alpha value is -4.12. The van der Waals surface area contributed by atoms with Crippen LogP contribution in [0.2, 0.25) is 0 Å². The second kappa shape index (κ2) is 19.1. The van der Waals surface area contributed by atoms with E-state index >= 15 is 0 Å². The highest BCUT2D eigenvalue weighted by Crippen LogP contribution is 2.26. The van der Waals surface area contributed by atoms with Crippen molar-refractivity contribution in [2.45, 2.75) is 80.1 Å². The van der Waals surface area contributed by atoms with Gasteiger partial charge in [-0.1, -0.05) is 95.5 Å². The smallest absolute Gasteiger partial charge is 0.164 e. The number of phenolic OH excluding ortho intramolecular Hbond substituents is 1. The maximum atomic E-state index is 14.1. The lowest BCUT2D eigenvalue weighted by molar-refractivity contribution is 0.431. The third-order valence-electron chi connectivity index (χ3n) is 6.75. The van der Waals surface area contributed by atoms with Crippen molar-refractivity contribution >= 4 is 11.4 Å². The summed E-state index contributed by atoms with van der Waals surface area (Å²) in [6, 6.07) is 21.4. The highest BCUT2D eigenvalue weighted by atomic mass is 19.1. The van der Waals surface area contributed by atoms with E-state index < -0.39 is 5.82 Å². The summed E-state index contributed by atoms with van der Waals surface area (Å²) in [4.78, 5) is 9.12. The molecule has 0 radical (unpaired) electrons. The average Bonchev–Trinajstić information content (AvgIpc) is 3.03. The molecule has 5 heteroatoms. The van der Waals surface area contributed by atoms with E-state index in [0.717, 1.165) is 64.9 Å².